The number of nitrogens with one attached hydrogen (secondary N) is 2. The minimum Gasteiger partial charge on any atom is -0.497 e. The minimum atomic E-state index is -0.410. The van der Waals surface area contributed by atoms with Gasteiger partial charge in [-0.1, -0.05) is 126 Å². The molecule has 5 aromatic rings. The number of alkyl carbamates (subject to hydrolysis) is 2. The highest BCUT2D eigenvalue weighted by Crippen LogP contribution is 2.46. The molecule has 0 spiro atoms. The zero-order valence-electron chi connectivity index (χ0n) is 46.1. The van der Waals surface area contributed by atoms with E-state index in [1.807, 2.05) is 36.4 Å². The van der Waals surface area contributed by atoms with E-state index < -0.39 is 12.2 Å². The molecule has 2 N–H and O–H groups in total. The second-order valence-electron chi connectivity index (χ2n) is 20.1. The van der Waals surface area contributed by atoms with Crippen LogP contribution >= 0.6 is 0 Å². The largest absolute Gasteiger partial charge is 0.497 e. The number of rotatable bonds is 21. The summed E-state index contributed by atoms with van der Waals surface area (Å²) < 4.78 is 36.2. The van der Waals surface area contributed by atoms with Gasteiger partial charge in [-0.05, 0) is 145 Å². The van der Waals surface area contributed by atoms with Gasteiger partial charge in [-0.2, -0.15) is 0 Å². The summed E-state index contributed by atoms with van der Waals surface area (Å²) in [6.07, 6.45) is 17.3. The van der Waals surface area contributed by atoms with Crippen molar-refractivity contribution in [2.75, 3.05) is 55.2 Å². The van der Waals surface area contributed by atoms with Crippen molar-refractivity contribution >= 4 is 18.2 Å². The molecule has 5 aromatic carbocycles. The lowest BCUT2D eigenvalue weighted by Gasteiger charge is -2.38. The number of hydrogen-bond donors (Lipinski definition) is 2. The Kier molecular flexibility index (Phi) is 24.2. The molecule has 0 radical (unpaired) electrons. The van der Waals surface area contributed by atoms with Crippen LogP contribution in [0.2, 0.25) is 0 Å². The van der Waals surface area contributed by atoms with Crippen LogP contribution in [-0.4, -0.2) is 73.4 Å². The number of carbonyl (C=O) groups excluding carboxylic acids is 3. The molecule has 0 bridgehead atoms. The zero-order valence-corrected chi connectivity index (χ0v) is 46.1. The zero-order chi connectivity index (χ0) is 53.9. The fraction of sp³-hybridized carbons (Fsp3) is 0.476. The Hall–Kier alpha value is -6.69. The molecular formula is C63H84N2O10. The van der Waals surface area contributed by atoms with Gasteiger partial charge in [0.05, 0.1) is 42.2 Å². The second-order valence-corrected chi connectivity index (χ2v) is 20.1. The molecule has 0 heterocycles. The van der Waals surface area contributed by atoms with Crippen molar-refractivity contribution in [2.45, 2.75) is 140 Å². The maximum atomic E-state index is 12.1. The van der Waals surface area contributed by atoms with Crippen molar-refractivity contribution in [1.82, 2.24) is 10.6 Å². The van der Waals surface area contributed by atoms with E-state index >= 15 is 0 Å². The molecule has 12 nitrogen and oxygen atoms in total. The molecule has 0 aliphatic heterocycles. The highest BCUT2D eigenvalue weighted by molar-refractivity contribution is 5.69. The summed E-state index contributed by atoms with van der Waals surface area (Å²) in [7, 11) is 8.10. The van der Waals surface area contributed by atoms with Gasteiger partial charge in [-0.3, -0.25) is 4.79 Å². The predicted octanol–water partition coefficient (Wildman–Crippen LogP) is 14.2. The second kappa shape index (κ2) is 30.6. The van der Waals surface area contributed by atoms with E-state index in [0.717, 1.165) is 61.5 Å². The van der Waals surface area contributed by atoms with E-state index in [-0.39, 0.29) is 16.8 Å². The summed E-state index contributed by atoms with van der Waals surface area (Å²) in [6.45, 7) is 7.47. The molecule has 0 saturated heterocycles. The molecule has 406 valence electrons. The smallest absolute Gasteiger partial charge is 0.407 e. The van der Waals surface area contributed by atoms with E-state index in [9.17, 15) is 14.4 Å². The third kappa shape index (κ3) is 18.0. The molecule has 12 heteroatoms. The van der Waals surface area contributed by atoms with Gasteiger partial charge < -0.3 is 43.8 Å². The van der Waals surface area contributed by atoms with Crippen LogP contribution in [0.3, 0.4) is 0 Å². The van der Waals surface area contributed by atoms with Crippen LogP contribution in [0, 0.1) is 0 Å². The van der Waals surface area contributed by atoms with E-state index in [1.165, 1.54) is 106 Å². The lowest BCUT2D eigenvalue weighted by molar-refractivity contribution is -0.131. The first-order valence-electron chi connectivity index (χ1n) is 26.9. The number of esters is 1. The number of methoxy groups -OCH3 is 5. The number of hydrogen-bond acceptors (Lipinski definition) is 10. The van der Waals surface area contributed by atoms with Gasteiger partial charge in [-0.25, -0.2) is 9.59 Å². The Bertz CT molecular complexity index is 2330. The highest BCUT2D eigenvalue weighted by Gasteiger charge is 2.36. The Balaban J connectivity index is 0.000000225. The van der Waals surface area contributed by atoms with E-state index in [1.54, 1.807) is 28.4 Å². The number of carbonyl (C=O) groups is 3. The summed E-state index contributed by atoms with van der Waals surface area (Å²) >= 11 is 0. The van der Waals surface area contributed by atoms with Crippen LogP contribution in [0.1, 0.15) is 151 Å². The molecule has 2 fully saturated rings. The van der Waals surface area contributed by atoms with Crippen LogP contribution in [0.4, 0.5) is 9.59 Å². The lowest BCUT2D eigenvalue weighted by Crippen LogP contribution is -2.30. The third-order valence-electron chi connectivity index (χ3n) is 15.1. The average Bonchev–Trinajstić information content (AvgIpc) is 3.45. The SMILES string of the molecule is CC(=O)Oc1ccc(C2(C)CCCCC2)cc1.COC(=O)NCCCCCCNC(=O)OCCCC(C)(c1ccc(OC)cc1)c1ccc(OC)cc1.COc1ccc(C2(c3ccc(OC)cc3)CCCCC2)cc1. The van der Waals surface area contributed by atoms with Gasteiger partial charge >= 0.3 is 18.2 Å². The van der Waals surface area contributed by atoms with Gasteiger partial charge in [0, 0.05) is 30.8 Å². The van der Waals surface area contributed by atoms with Crippen molar-refractivity contribution in [2.24, 2.45) is 0 Å². The predicted molar refractivity (Wildman–Crippen MR) is 298 cm³/mol. The van der Waals surface area contributed by atoms with E-state index in [0.29, 0.717) is 30.9 Å². The maximum absolute atomic E-state index is 12.1. The Morgan fingerprint density at radius 3 is 1.28 bits per heavy atom. The molecule has 0 atom stereocenters. The molecule has 7 rings (SSSR count). The normalized spacial score (nSPS) is 14.5. The van der Waals surface area contributed by atoms with Gasteiger partial charge in [-0.15, -0.1) is 0 Å². The van der Waals surface area contributed by atoms with Crippen LogP contribution in [0.25, 0.3) is 0 Å². The van der Waals surface area contributed by atoms with Gasteiger partial charge in [0.1, 0.15) is 28.7 Å². The van der Waals surface area contributed by atoms with Crippen molar-refractivity contribution < 1.29 is 47.5 Å². The van der Waals surface area contributed by atoms with Crippen molar-refractivity contribution in [3.8, 4) is 28.7 Å². The summed E-state index contributed by atoms with van der Waals surface area (Å²) in [5.74, 6) is 3.85. The van der Waals surface area contributed by atoms with E-state index in [4.69, 9.17) is 28.4 Å². The summed E-state index contributed by atoms with van der Waals surface area (Å²) in [5, 5.41) is 5.46. The molecule has 2 aliphatic carbocycles. The van der Waals surface area contributed by atoms with Crippen LogP contribution < -0.4 is 34.3 Å². The quantitative estimate of drug-likeness (QED) is 0.0415. The van der Waals surface area contributed by atoms with Crippen LogP contribution in [-0.2, 0) is 30.5 Å². The first-order valence-corrected chi connectivity index (χ1v) is 26.9. The highest BCUT2D eigenvalue weighted by atomic mass is 16.6. The van der Waals surface area contributed by atoms with Gasteiger partial charge in [0.15, 0.2) is 0 Å². The number of ether oxygens (including phenoxy) is 7. The standard InChI is InChI=1S/C28H40N2O6.C20H24O2.C15H20O2/c1-28(22-10-14-24(33-2)15-11-22,23-12-16-25(34-3)17-13-23)18-9-21-36-27(32)30-20-8-6-5-7-19-29-26(31)35-4;1-21-18-10-6-16(7-11-18)20(14-4-3-5-15-20)17-8-12-19(22-2)13-9-17;1-12(16)17-14-8-6-13(7-9-14)15(2)10-4-3-5-11-15/h10-17H,5-9,18-21H2,1-4H3,(H,29,31)(H,30,32);6-13H,3-5,14-15H2,1-2H3;6-9H,3-5,10-11H2,1-2H3. The number of unbranched alkanes of at least 4 members (excludes halogenated alkanes) is 3. The first kappa shape index (κ1) is 59.2. The Morgan fingerprint density at radius 1 is 0.480 bits per heavy atom. The lowest BCUT2D eigenvalue weighted by atomic mass is 9.65. The van der Waals surface area contributed by atoms with Gasteiger partial charge in [0.25, 0.3) is 0 Å². The van der Waals surface area contributed by atoms with Crippen molar-refractivity contribution in [3.05, 3.63) is 149 Å². The minimum absolute atomic E-state index is 0.136. The van der Waals surface area contributed by atoms with Gasteiger partial charge in [0.2, 0.25) is 0 Å². The summed E-state index contributed by atoms with van der Waals surface area (Å²) in [4.78, 5) is 33.9. The first-order chi connectivity index (χ1) is 36.3. The van der Waals surface area contributed by atoms with Crippen LogP contribution in [0.5, 0.6) is 28.7 Å². The molecule has 0 aromatic heterocycles. The third-order valence-corrected chi connectivity index (χ3v) is 15.1. The Labute approximate surface area is 447 Å². The molecular weight excluding hydrogens is 945 g/mol. The van der Waals surface area contributed by atoms with Crippen LogP contribution in [0.15, 0.2) is 121 Å². The fourth-order valence-electron chi connectivity index (χ4n) is 10.5. The maximum Gasteiger partial charge on any atom is 0.407 e. The number of amides is 2. The molecule has 2 aliphatic rings. The topological polar surface area (TPSA) is 140 Å². The number of benzene rings is 5. The molecule has 0 unspecified atom stereocenters. The monoisotopic (exact) mass is 1030 g/mol. The molecule has 75 heavy (non-hydrogen) atoms. The summed E-state index contributed by atoms with van der Waals surface area (Å²) in [5.41, 5.74) is 6.69. The fourth-order valence-corrected chi connectivity index (χ4v) is 10.5. The molecule has 2 saturated carbocycles. The summed E-state index contributed by atoms with van der Waals surface area (Å²) in [6, 6.07) is 41.5. The van der Waals surface area contributed by atoms with Crippen molar-refractivity contribution in [1.29, 1.82) is 0 Å². The molecule has 2 amide bonds. The van der Waals surface area contributed by atoms with Crippen molar-refractivity contribution in [3.63, 3.8) is 0 Å². The van der Waals surface area contributed by atoms with E-state index in [2.05, 4.69) is 114 Å². The average molecular weight is 1030 g/mol. The Morgan fingerprint density at radius 2 is 0.867 bits per heavy atom.